The Labute approximate surface area is 109 Å². The predicted octanol–water partition coefficient (Wildman–Crippen LogP) is 2.14. The smallest absolute Gasteiger partial charge is 0.369 e. The van der Waals surface area contributed by atoms with Gasteiger partial charge in [0, 0.05) is 13.3 Å². The normalized spacial score (nSPS) is 12.3. The molecular formula is C12H15F3N2O2. The molecule has 0 aromatic carbocycles. The van der Waals surface area contributed by atoms with Crippen LogP contribution >= 0.6 is 0 Å². The number of hydrogen-bond acceptors (Lipinski definition) is 3. The SMILES string of the molecule is COC(C)(C)C(=O)NCc1cc(C(F)(F)F)ccn1. The maximum absolute atomic E-state index is 12.5. The van der Waals surface area contributed by atoms with E-state index >= 15 is 0 Å². The first-order valence-corrected chi connectivity index (χ1v) is 5.52. The van der Waals surface area contributed by atoms with Crippen molar-refractivity contribution in [3.8, 4) is 0 Å². The van der Waals surface area contributed by atoms with E-state index in [1.807, 2.05) is 0 Å². The van der Waals surface area contributed by atoms with Crippen LogP contribution in [-0.2, 0) is 22.3 Å². The van der Waals surface area contributed by atoms with Crippen LogP contribution in [0.25, 0.3) is 0 Å². The van der Waals surface area contributed by atoms with Crippen LogP contribution in [0.15, 0.2) is 18.3 Å². The van der Waals surface area contributed by atoms with Crippen molar-refractivity contribution >= 4 is 5.91 Å². The molecule has 0 aliphatic rings. The zero-order chi connectivity index (χ0) is 14.7. The molecule has 4 nitrogen and oxygen atoms in total. The largest absolute Gasteiger partial charge is 0.416 e. The standard InChI is InChI=1S/C12H15F3N2O2/c1-11(2,19-3)10(18)17-7-9-6-8(4-5-16-9)12(13,14)15/h4-6H,7H2,1-3H3,(H,17,18). The lowest BCUT2D eigenvalue weighted by Gasteiger charge is -2.21. The fraction of sp³-hybridized carbons (Fsp3) is 0.500. The minimum atomic E-state index is -4.42. The number of methoxy groups -OCH3 is 1. The molecule has 0 bridgehead atoms. The molecule has 0 radical (unpaired) electrons. The lowest BCUT2D eigenvalue weighted by molar-refractivity contribution is -0.139. The third-order valence-corrected chi connectivity index (χ3v) is 2.63. The molecule has 0 fully saturated rings. The number of amides is 1. The molecular weight excluding hydrogens is 261 g/mol. The van der Waals surface area contributed by atoms with Gasteiger partial charge >= 0.3 is 6.18 Å². The highest BCUT2D eigenvalue weighted by Crippen LogP contribution is 2.28. The summed E-state index contributed by atoms with van der Waals surface area (Å²) in [6.07, 6.45) is -3.36. The summed E-state index contributed by atoms with van der Waals surface area (Å²) >= 11 is 0. The van der Waals surface area contributed by atoms with Crippen LogP contribution < -0.4 is 5.32 Å². The van der Waals surface area contributed by atoms with Gasteiger partial charge in [0.2, 0.25) is 0 Å². The Morgan fingerprint density at radius 3 is 2.58 bits per heavy atom. The number of nitrogens with zero attached hydrogens (tertiary/aromatic N) is 1. The maximum atomic E-state index is 12.5. The lowest BCUT2D eigenvalue weighted by Crippen LogP contribution is -2.43. The molecule has 0 aliphatic carbocycles. The van der Waals surface area contributed by atoms with E-state index in [-0.39, 0.29) is 12.2 Å². The number of rotatable bonds is 4. The Morgan fingerprint density at radius 1 is 1.42 bits per heavy atom. The first-order valence-electron chi connectivity index (χ1n) is 5.52. The third-order valence-electron chi connectivity index (χ3n) is 2.63. The first-order chi connectivity index (χ1) is 8.66. The molecule has 1 rings (SSSR count). The molecule has 0 aliphatic heterocycles. The van der Waals surface area contributed by atoms with Gasteiger partial charge in [-0.2, -0.15) is 13.2 Å². The summed E-state index contributed by atoms with van der Waals surface area (Å²) in [6, 6.07) is 1.78. The number of nitrogens with one attached hydrogen (secondary N) is 1. The number of hydrogen-bond donors (Lipinski definition) is 1. The van der Waals surface area contributed by atoms with E-state index in [4.69, 9.17) is 4.74 Å². The molecule has 106 valence electrons. The lowest BCUT2D eigenvalue weighted by atomic mass is 10.1. The number of halogens is 3. The summed E-state index contributed by atoms with van der Waals surface area (Å²) < 4.78 is 42.4. The van der Waals surface area contributed by atoms with Crippen molar-refractivity contribution in [3.05, 3.63) is 29.6 Å². The topological polar surface area (TPSA) is 51.2 Å². The fourth-order valence-electron chi connectivity index (χ4n) is 1.23. The van der Waals surface area contributed by atoms with Crippen molar-refractivity contribution < 1.29 is 22.7 Å². The quantitative estimate of drug-likeness (QED) is 0.916. The van der Waals surface area contributed by atoms with Crippen LogP contribution in [0.4, 0.5) is 13.2 Å². The zero-order valence-electron chi connectivity index (χ0n) is 10.8. The maximum Gasteiger partial charge on any atom is 0.416 e. The molecule has 0 saturated carbocycles. The van der Waals surface area contributed by atoms with Crippen LogP contribution in [0.5, 0.6) is 0 Å². The van der Waals surface area contributed by atoms with E-state index in [1.165, 1.54) is 7.11 Å². The Hall–Kier alpha value is -1.63. The highest BCUT2D eigenvalue weighted by Gasteiger charge is 2.31. The molecule has 1 aromatic heterocycles. The van der Waals surface area contributed by atoms with Gasteiger partial charge in [0.15, 0.2) is 0 Å². The predicted molar refractivity (Wildman–Crippen MR) is 62.2 cm³/mol. The highest BCUT2D eigenvalue weighted by molar-refractivity contribution is 5.84. The van der Waals surface area contributed by atoms with E-state index in [0.29, 0.717) is 0 Å². The number of aromatic nitrogens is 1. The van der Waals surface area contributed by atoms with Gasteiger partial charge < -0.3 is 10.1 Å². The van der Waals surface area contributed by atoms with E-state index < -0.39 is 23.2 Å². The van der Waals surface area contributed by atoms with E-state index in [9.17, 15) is 18.0 Å². The number of carbonyl (C=O) groups excluding carboxylic acids is 1. The van der Waals surface area contributed by atoms with Gasteiger partial charge in [-0.05, 0) is 26.0 Å². The summed E-state index contributed by atoms with van der Waals surface area (Å²) in [7, 11) is 1.38. The second kappa shape index (κ2) is 5.56. The third kappa shape index (κ3) is 4.20. The van der Waals surface area contributed by atoms with Crippen molar-refractivity contribution in [1.29, 1.82) is 0 Å². The molecule has 1 aromatic rings. The summed E-state index contributed by atoms with van der Waals surface area (Å²) in [6.45, 7) is 3.03. The van der Waals surface area contributed by atoms with E-state index in [2.05, 4.69) is 10.3 Å². The second-order valence-electron chi connectivity index (χ2n) is 4.43. The van der Waals surface area contributed by atoms with Gasteiger partial charge in [-0.3, -0.25) is 9.78 Å². The summed E-state index contributed by atoms with van der Waals surface area (Å²) in [5.74, 6) is -0.422. The molecule has 1 N–H and O–H groups in total. The number of pyridine rings is 1. The second-order valence-corrected chi connectivity index (χ2v) is 4.43. The number of ether oxygens (including phenoxy) is 1. The molecule has 1 heterocycles. The van der Waals surface area contributed by atoms with Crippen LogP contribution in [0, 0.1) is 0 Å². The number of carbonyl (C=O) groups is 1. The minimum Gasteiger partial charge on any atom is -0.369 e. The number of alkyl halides is 3. The van der Waals surface area contributed by atoms with Crippen molar-refractivity contribution in [2.24, 2.45) is 0 Å². The van der Waals surface area contributed by atoms with Gasteiger partial charge in [0.05, 0.1) is 17.8 Å². The first kappa shape index (κ1) is 15.4. The Bertz CT molecular complexity index is 459. The summed E-state index contributed by atoms with van der Waals surface area (Å²) in [5.41, 5.74) is -1.70. The zero-order valence-corrected chi connectivity index (χ0v) is 10.8. The van der Waals surface area contributed by atoms with Gasteiger partial charge in [0.1, 0.15) is 5.60 Å². The van der Waals surface area contributed by atoms with Crippen LogP contribution in [0.1, 0.15) is 25.1 Å². The van der Waals surface area contributed by atoms with Crippen molar-refractivity contribution in [1.82, 2.24) is 10.3 Å². The molecule has 0 spiro atoms. The van der Waals surface area contributed by atoms with Gasteiger partial charge in [-0.15, -0.1) is 0 Å². The Kier molecular flexibility index (Phi) is 4.52. The van der Waals surface area contributed by atoms with Gasteiger partial charge in [-0.1, -0.05) is 0 Å². The highest BCUT2D eigenvalue weighted by atomic mass is 19.4. The van der Waals surface area contributed by atoms with Gasteiger partial charge in [-0.25, -0.2) is 0 Å². The average molecular weight is 276 g/mol. The van der Waals surface area contributed by atoms with Gasteiger partial charge in [0.25, 0.3) is 5.91 Å². The molecule has 0 unspecified atom stereocenters. The Morgan fingerprint density at radius 2 is 2.05 bits per heavy atom. The molecule has 19 heavy (non-hydrogen) atoms. The van der Waals surface area contributed by atoms with E-state index in [1.54, 1.807) is 13.8 Å². The molecule has 0 atom stereocenters. The summed E-state index contributed by atoms with van der Waals surface area (Å²) in [5, 5.41) is 2.48. The van der Waals surface area contributed by atoms with Crippen molar-refractivity contribution in [2.45, 2.75) is 32.2 Å². The van der Waals surface area contributed by atoms with Crippen LogP contribution in [0.2, 0.25) is 0 Å². The molecule has 0 saturated heterocycles. The summed E-state index contributed by atoms with van der Waals surface area (Å²) in [4.78, 5) is 15.4. The molecule has 1 amide bonds. The van der Waals surface area contributed by atoms with Crippen LogP contribution in [0.3, 0.4) is 0 Å². The van der Waals surface area contributed by atoms with Crippen molar-refractivity contribution in [2.75, 3.05) is 7.11 Å². The molecule has 7 heteroatoms. The van der Waals surface area contributed by atoms with Crippen molar-refractivity contribution in [3.63, 3.8) is 0 Å². The average Bonchev–Trinajstić information content (AvgIpc) is 2.35. The fourth-order valence-corrected chi connectivity index (χ4v) is 1.23. The Balaban J connectivity index is 2.72. The van der Waals surface area contributed by atoms with E-state index in [0.717, 1.165) is 18.3 Å². The minimum absolute atomic E-state index is 0.0878. The van der Waals surface area contributed by atoms with Crippen LogP contribution in [-0.4, -0.2) is 23.6 Å². The monoisotopic (exact) mass is 276 g/mol.